The van der Waals surface area contributed by atoms with Gasteiger partial charge in [-0.2, -0.15) is 0 Å². The predicted octanol–water partition coefficient (Wildman–Crippen LogP) is 4.58. The molecule has 10 nitrogen and oxygen atoms in total. The van der Waals surface area contributed by atoms with Gasteiger partial charge in [0.05, 0.1) is 6.10 Å². The van der Waals surface area contributed by atoms with Crippen LogP contribution in [0, 0.1) is 5.41 Å². The molecule has 1 aromatic heterocycles. The van der Waals surface area contributed by atoms with Gasteiger partial charge in [-0.1, -0.05) is 59.8 Å². The SMILES string of the molecule is COC(C(=O)N[C@H]1CC[C@@H](O[Si](C)(C)C(C)(C)C)CN(Cc2cccnc2)C1=O)[C@@H]1OC(C)(C)O[C@H](/C=C/C(C)(C)C)[C@H]1O. The second-order valence-electron chi connectivity index (χ2n) is 15.2. The van der Waals surface area contributed by atoms with Crippen LogP contribution in [0.2, 0.25) is 18.1 Å². The number of nitrogens with one attached hydrogen (secondary N) is 1. The number of aliphatic hydroxyl groups is 1. The average Bonchev–Trinajstić information content (AvgIpc) is 3.03. The molecule has 0 spiro atoms. The number of likely N-dealkylation sites (tertiary alicyclic amines) is 1. The van der Waals surface area contributed by atoms with Gasteiger partial charge < -0.3 is 34.0 Å². The fourth-order valence-corrected chi connectivity index (χ4v) is 6.61. The van der Waals surface area contributed by atoms with E-state index in [9.17, 15) is 14.7 Å². The maximum Gasteiger partial charge on any atom is 0.252 e. The fourth-order valence-electron chi connectivity index (χ4n) is 5.23. The summed E-state index contributed by atoms with van der Waals surface area (Å²) in [5.74, 6) is -1.81. The van der Waals surface area contributed by atoms with Crippen LogP contribution in [0.1, 0.15) is 73.8 Å². The molecule has 0 aromatic carbocycles. The Kier molecular flexibility index (Phi) is 11.6. The molecule has 2 aliphatic heterocycles. The van der Waals surface area contributed by atoms with Crippen molar-refractivity contribution in [3.8, 4) is 0 Å². The monoisotopic (exact) mass is 633 g/mol. The van der Waals surface area contributed by atoms with Crippen LogP contribution in [0.5, 0.6) is 0 Å². The summed E-state index contributed by atoms with van der Waals surface area (Å²) in [5.41, 5.74) is 0.760. The summed E-state index contributed by atoms with van der Waals surface area (Å²) in [4.78, 5) is 33.7. The Labute approximate surface area is 265 Å². The maximum atomic E-state index is 14.0. The Hall–Kier alpha value is -2.15. The first-order valence-electron chi connectivity index (χ1n) is 15.6. The van der Waals surface area contributed by atoms with Crippen molar-refractivity contribution in [1.82, 2.24) is 15.2 Å². The first kappa shape index (κ1) is 36.3. The first-order chi connectivity index (χ1) is 20.2. The number of nitrogens with zero attached hydrogens (tertiary/aromatic N) is 2. The number of hydrogen-bond donors (Lipinski definition) is 2. The molecule has 248 valence electrons. The smallest absolute Gasteiger partial charge is 0.252 e. The van der Waals surface area contributed by atoms with Gasteiger partial charge in [-0.3, -0.25) is 14.6 Å². The van der Waals surface area contributed by atoms with Crippen molar-refractivity contribution in [2.24, 2.45) is 5.41 Å². The van der Waals surface area contributed by atoms with Crippen molar-refractivity contribution in [3.05, 3.63) is 42.2 Å². The van der Waals surface area contributed by atoms with Crippen LogP contribution in [0.25, 0.3) is 0 Å². The molecular weight excluding hydrogens is 578 g/mol. The summed E-state index contributed by atoms with van der Waals surface area (Å²) in [5, 5.41) is 14.2. The number of aromatic nitrogens is 1. The lowest BCUT2D eigenvalue weighted by Crippen LogP contribution is -2.62. The number of ether oxygens (including phenoxy) is 3. The number of hydrogen-bond acceptors (Lipinski definition) is 8. The van der Waals surface area contributed by atoms with Crippen LogP contribution in [0.15, 0.2) is 36.7 Å². The van der Waals surface area contributed by atoms with Gasteiger partial charge in [0.1, 0.15) is 24.4 Å². The Morgan fingerprint density at radius 1 is 1.23 bits per heavy atom. The number of allylic oxidation sites excluding steroid dienone is 1. The van der Waals surface area contributed by atoms with E-state index in [1.54, 1.807) is 37.2 Å². The number of amides is 2. The van der Waals surface area contributed by atoms with Gasteiger partial charge in [0.25, 0.3) is 5.91 Å². The largest absolute Gasteiger partial charge is 0.412 e. The lowest BCUT2D eigenvalue weighted by Gasteiger charge is -2.45. The first-order valence-corrected chi connectivity index (χ1v) is 18.6. The third kappa shape index (κ3) is 9.67. The van der Waals surface area contributed by atoms with Crippen molar-refractivity contribution in [3.63, 3.8) is 0 Å². The van der Waals surface area contributed by atoms with Gasteiger partial charge in [0, 0.05) is 32.6 Å². The number of carbonyl (C=O) groups excluding carboxylic acids is 2. The Bertz CT molecular complexity index is 1150. The Morgan fingerprint density at radius 2 is 1.91 bits per heavy atom. The molecule has 2 N–H and O–H groups in total. The molecule has 2 fully saturated rings. The molecule has 3 rings (SSSR count). The molecule has 0 saturated carbocycles. The van der Waals surface area contributed by atoms with Crippen LogP contribution >= 0.6 is 0 Å². The van der Waals surface area contributed by atoms with E-state index in [0.29, 0.717) is 25.9 Å². The Balaban J connectivity index is 1.84. The van der Waals surface area contributed by atoms with E-state index in [0.717, 1.165) is 5.56 Å². The van der Waals surface area contributed by atoms with E-state index in [1.165, 1.54) is 7.11 Å². The highest BCUT2D eigenvalue weighted by atomic mass is 28.4. The number of pyridine rings is 1. The normalized spacial score (nSPS) is 27.7. The lowest BCUT2D eigenvalue weighted by atomic mass is 9.93. The average molecular weight is 634 g/mol. The zero-order valence-corrected chi connectivity index (χ0v) is 29.5. The molecule has 11 heteroatoms. The molecule has 44 heavy (non-hydrogen) atoms. The molecule has 0 bridgehead atoms. The highest BCUT2D eigenvalue weighted by Gasteiger charge is 2.48. The van der Waals surface area contributed by atoms with Gasteiger partial charge in [0.2, 0.25) is 5.91 Å². The fraction of sp³-hybridized carbons (Fsp3) is 0.727. The third-order valence-electron chi connectivity index (χ3n) is 8.60. The van der Waals surface area contributed by atoms with Crippen molar-refractivity contribution >= 4 is 20.1 Å². The number of carbonyl (C=O) groups is 2. The number of rotatable bonds is 9. The van der Waals surface area contributed by atoms with Gasteiger partial charge in [-0.05, 0) is 61.9 Å². The minimum Gasteiger partial charge on any atom is -0.412 e. The molecule has 2 aliphatic rings. The number of aliphatic hydroxyl groups excluding tert-OH is 1. The minimum atomic E-state index is -2.12. The summed E-state index contributed by atoms with van der Waals surface area (Å²) in [6.45, 7) is 21.4. The Morgan fingerprint density at radius 3 is 2.48 bits per heavy atom. The maximum absolute atomic E-state index is 14.0. The second kappa shape index (κ2) is 14.1. The second-order valence-corrected chi connectivity index (χ2v) is 19.9. The summed E-state index contributed by atoms with van der Waals surface area (Å²) < 4.78 is 24.5. The summed E-state index contributed by atoms with van der Waals surface area (Å²) in [7, 11) is -0.727. The van der Waals surface area contributed by atoms with Crippen molar-refractivity contribution in [2.75, 3.05) is 13.7 Å². The van der Waals surface area contributed by atoms with Crippen molar-refractivity contribution in [2.45, 2.75) is 135 Å². The summed E-state index contributed by atoms with van der Waals surface area (Å²) in [6.07, 6.45) is 3.95. The molecule has 0 aliphatic carbocycles. The highest BCUT2D eigenvalue weighted by Crippen LogP contribution is 2.38. The van der Waals surface area contributed by atoms with E-state index in [2.05, 4.69) is 44.2 Å². The van der Waals surface area contributed by atoms with Gasteiger partial charge in [-0.15, -0.1) is 0 Å². The molecule has 0 radical (unpaired) electrons. The standard InChI is InChI=1S/C33H55N3O7Si/c1-31(2,3)17-16-25-26(37)27(42-33(7,8)41-25)28(40-9)29(38)35-24-15-14-23(43-44(10,11)32(4,5)6)21-36(30(24)39)20-22-13-12-18-34-19-22/h12-13,16-19,23-28,37H,14-15,20-21H2,1-11H3,(H,35,38)/b17-16+/t23-,24+,25-,26-,27-,28?/m1/s1. The van der Waals surface area contributed by atoms with Gasteiger partial charge in [-0.25, -0.2) is 0 Å². The zero-order valence-electron chi connectivity index (χ0n) is 28.5. The third-order valence-corrected chi connectivity index (χ3v) is 13.1. The molecule has 2 saturated heterocycles. The van der Waals surface area contributed by atoms with Crippen LogP contribution < -0.4 is 5.32 Å². The molecular formula is C33H55N3O7Si. The van der Waals surface area contributed by atoms with Crippen LogP contribution in [0.4, 0.5) is 0 Å². The molecule has 6 atom stereocenters. The van der Waals surface area contributed by atoms with E-state index >= 15 is 0 Å². The quantitative estimate of drug-likeness (QED) is 0.300. The van der Waals surface area contributed by atoms with Crippen LogP contribution in [-0.2, 0) is 34.8 Å². The van der Waals surface area contributed by atoms with Crippen molar-refractivity contribution in [1.29, 1.82) is 0 Å². The highest BCUT2D eigenvalue weighted by molar-refractivity contribution is 6.74. The van der Waals surface area contributed by atoms with E-state index in [4.69, 9.17) is 18.6 Å². The van der Waals surface area contributed by atoms with E-state index < -0.39 is 50.5 Å². The van der Waals surface area contributed by atoms with E-state index in [-0.39, 0.29) is 22.5 Å². The van der Waals surface area contributed by atoms with Gasteiger partial charge >= 0.3 is 0 Å². The lowest BCUT2D eigenvalue weighted by molar-refractivity contribution is -0.334. The molecule has 1 unspecified atom stereocenters. The van der Waals surface area contributed by atoms with E-state index in [1.807, 2.05) is 39.0 Å². The van der Waals surface area contributed by atoms with Crippen LogP contribution in [0.3, 0.4) is 0 Å². The minimum absolute atomic E-state index is 0.00898. The predicted molar refractivity (Wildman–Crippen MR) is 172 cm³/mol. The topological polar surface area (TPSA) is 119 Å². The zero-order chi connectivity index (χ0) is 33.1. The van der Waals surface area contributed by atoms with Crippen LogP contribution in [-0.4, -0.2) is 91.1 Å². The molecule has 1 aromatic rings. The number of methoxy groups -OCH3 is 1. The summed E-state index contributed by atoms with van der Waals surface area (Å²) in [6, 6.07) is 2.97. The van der Waals surface area contributed by atoms with Gasteiger partial charge in [0.15, 0.2) is 20.2 Å². The molecule has 3 heterocycles. The summed E-state index contributed by atoms with van der Waals surface area (Å²) >= 11 is 0. The molecule has 2 amide bonds. The van der Waals surface area contributed by atoms with Crippen molar-refractivity contribution < 1.29 is 33.3 Å².